The molecule has 0 unspecified atom stereocenters. The summed E-state index contributed by atoms with van der Waals surface area (Å²) in [5.74, 6) is -0.814. The Morgan fingerprint density at radius 1 is 1.03 bits per heavy atom. The van der Waals surface area contributed by atoms with Crippen molar-refractivity contribution >= 4 is 50.5 Å². The van der Waals surface area contributed by atoms with Crippen molar-refractivity contribution in [3.05, 3.63) is 81.5 Å². The molecule has 7 nitrogen and oxygen atoms in total. The Morgan fingerprint density at radius 2 is 1.74 bits per heavy atom. The van der Waals surface area contributed by atoms with Crippen molar-refractivity contribution < 1.29 is 18.0 Å². The van der Waals surface area contributed by atoms with Gasteiger partial charge in [0.05, 0.1) is 22.2 Å². The van der Waals surface area contributed by atoms with Crippen LogP contribution in [-0.2, 0) is 21.4 Å². The van der Waals surface area contributed by atoms with E-state index in [0.29, 0.717) is 10.7 Å². The van der Waals surface area contributed by atoms with E-state index in [0.717, 1.165) is 4.88 Å². The molecule has 0 fully saturated rings. The Balaban J connectivity index is 1.60. The van der Waals surface area contributed by atoms with E-state index in [9.17, 15) is 18.0 Å². The highest BCUT2D eigenvalue weighted by molar-refractivity contribution is 7.89. The summed E-state index contributed by atoms with van der Waals surface area (Å²) >= 11 is 7.47. The van der Waals surface area contributed by atoms with Crippen LogP contribution in [0.5, 0.6) is 0 Å². The van der Waals surface area contributed by atoms with Gasteiger partial charge in [-0.3, -0.25) is 9.59 Å². The minimum absolute atomic E-state index is 0.0553. The van der Waals surface area contributed by atoms with Crippen molar-refractivity contribution in [1.82, 2.24) is 9.62 Å². The molecule has 0 radical (unpaired) electrons. The van der Waals surface area contributed by atoms with E-state index in [-0.39, 0.29) is 23.5 Å². The van der Waals surface area contributed by atoms with Gasteiger partial charge in [0.15, 0.2) is 0 Å². The first kappa shape index (κ1) is 23.0. The smallest absolute Gasteiger partial charge is 0.254 e. The monoisotopic (exact) mass is 477 g/mol. The molecule has 3 rings (SSSR count). The van der Waals surface area contributed by atoms with E-state index in [1.54, 1.807) is 24.3 Å². The second-order valence-electron chi connectivity index (χ2n) is 6.62. The van der Waals surface area contributed by atoms with Crippen LogP contribution in [0.1, 0.15) is 15.2 Å². The number of carbonyl (C=O) groups excluding carboxylic acids is 2. The lowest BCUT2D eigenvalue weighted by atomic mass is 10.2. The fourth-order valence-electron chi connectivity index (χ4n) is 2.70. The lowest BCUT2D eigenvalue weighted by molar-refractivity contribution is -0.116. The minimum atomic E-state index is -3.70. The molecule has 0 bridgehead atoms. The average molecular weight is 478 g/mol. The molecule has 0 spiro atoms. The van der Waals surface area contributed by atoms with Crippen LogP contribution in [-0.4, -0.2) is 38.7 Å². The Hall–Kier alpha value is -2.72. The number of thiophene rings is 1. The first-order chi connectivity index (χ1) is 14.8. The quantitative estimate of drug-likeness (QED) is 0.518. The van der Waals surface area contributed by atoms with Crippen LogP contribution >= 0.6 is 22.9 Å². The number of para-hydroxylation sites is 1. The minimum Gasteiger partial charge on any atom is -0.332 e. The zero-order valence-electron chi connectivity index (χ0n) is 16.5. The summed E-state index contributed by atoms with van der Waals surface area (Å²) in [6, 6.07) is 16.0. The van der Waals surface area contributed by atoms with Gasteiger partial charge in [0.2, 0.25) is 15.9 Å². The standard InChI is InChI=1S/C21H20ClN3O4S2/c1-25(14-20(26)24-19-7-3-2-6-18(19)22)21(27)15-8-10-17(11-9-15)31(28,29)23-13-16-5-4-12-30-16/h2-12,23H,13-14H2,1H3,(H,24,26). The van der Waals surface area contributed by atoms with Crippen LogP contribution in [0, 0.1) is 0 Å². The van der Waals surface area contributed by atoms with Gasteiger partial charge < -0.3 is 10.2 Å². The molecule has 1 heterocycles. The second kappa shape index (κ2) is 10.1. The Morgan fingerprint density at radius 3 is 2.39 bits per heavy atom. The van der Waals surface area contributed by atoms with Crippen molar-refractivity contribution in [3.8, 4) is 0 Å². The van der Waals surface area contributed by atoms with E-state index in [2.05, 4.69) is 10.0 Å². The Labute approximate surface area is 189 Å². The van der Waals surface area contributed by atoms with Gasteiger partial charge in [-0.2, -0.15) is 0 Å². The highest BCUT2D eigenvalue weighted by Crippen LogP contribution is 2.20. The molecule has 31 heavy (non-hydrogen) atoms. The van der Waals surface area contributed by atoms with E-state index >= 15 is 0 Å². The van der Waals surface area contributed by atoms with Gasteiger partial charge in [0, 0.05) is 24.0 Å². The number of hydrogen-bond acceptors (Lipinski definition) is 5. The van der Waals surface area contributed by atoms with Crippen LogP contribution in [0.15, 0.2) is 70.9 Å². The van der Waals surface area contributed by atoms with Crippen LogP contribution in [0.2, 0.25) is 5.02 Å². The van der Waals surface area contributed by atoms with Gasteiger partial charge in [-0.15, -0.1) is 11.3 Å². The van der Waals surface area contributed by atoms with Crippen molar-refractivity contribution in [2.45, 2.75) is 11.4 Å². The zero-order chi connectivity index (χ0) is 22.4. The number of sulfonamides is 1. The fourth-order valence-corrected chi connectivity index (χ4v) is 4.62. The molecule has 2 N–H and O–H groups in total. The number of rotatable bonds is 8. The number of likely N-dealkylation sites (N-methyl/N-ethyl adjacent to an activating group) is 1. The number of nitrogens with zero attached hydrogens (tertiary/aromatic N) is 1. The second-order valence-corrected chi connectivity index (χ2v) is 9.82. The van der Waals surface area contributed by atoms with Crippen molar-refractivity contribution in [3.63, 3.8) is 0 Å². The van der Waals surface area contributed by atoms with Crippen molar-refractivity contribution in [1.29, 1.82) is 0 Å². The fraction of sp³-hybridized carbons (Fsp3) is 0.143. The van der Waals surface area contributed by atoms with E-state index in [1.165, 1.54) is 47.5 Å². The summed E-state index contributed by atoms with van der Waals surface area (Å²) in [5, 5.41) is 4.92. The molecule has 0 aliphatic rings. The SMILES string of the molecule is CN(CC(=O)Nc1ccccc1Cl)C(=O)c1ccc(S(=O)(=O)NCc2cccs2)cc1. The molecule has 2 amide bonds. The zero-order valence-corrected chi connectivity index (χ0v) is 18.9. The van der Waals surface area contributed by atoms with Crippen LogP contribution < -0.4 is 10.0 Å². The molecule has 1 aromatic heterocycles. The van der Waals surface area contributed by atoms with E-state index in [1.807, 2.05) is 17.5 Å². The maximum absolute atomic E-state index is 12.6. The third kappa shape index (κ3) is 6.14. The number of carbonyl (C=O) groups is 2. The predicted octanol–water partition coefficient (Wildman–Crippen LogP) is 3.59. The van der Waals surface area contributed by atoms with Crippen LogP contribution in [0.3, 0.4) is 0 Å². The predicted molar refractivity (Wildman–Crippen MR) is 122 cm³/mol. The molecule has 3 aromatic rings. The number of nitrogens with one attached hydrogen (secondary N) is 2. The lowest BCUT2D eigenvalue weighted by Crippen LogP contribution is -2.35. The summed E-state index contributed by atoms with van der Waals surface area (Å²) in [5.41, 5.74) is 0.727. The Kier molecular flexibility index (Phi) is 7.45. The maximum Gasteiger partial charge on any atom is 0.254 e. The van der Waals surface area contributed by atoms with Gasteiger partial charge in [0.25, 0.3) is 5.91 Å². The normalized spacial score (nSPS) is 11.2. The maximum atomic E-state index is 12.6. The molecule has 0 saturated carbocycles. The van der Waals surface area contributed by atoms with E-state index in [4.69, 9.17) is 11.6 Å². The topological polar surface area (TPSA) is 95.6 Å². The number of amides is 2. The number of halogens is 1. The Bertz CT molecular complexity index is 1160. The molecular weight excluding hydrogens is 458 g/mol. The van der Waals surface area contributed by atoms with Crippen LogP contribution in [0.25, 0.3) is 0 Å². The van der Waals surface area contributed by atoms with Gasteiger partial charge in [-0.25, -0.2) is 13.1 Å². The molecule has 10 heteroatoms. The molecule has 2 aromatic carbocycles. The summed E-state index contributed by atoms with van der Waals surface area (Å²) in [4.78, 5) is 27.0. The number of benzene rings is 2. The van der Waals surface area contributed by atoms with Gasteiger partial charge in [-0.1, -0.05) is 29.8 Å². The van der Waals surface area contributed by atoms with Crippen molar-refractivity contribution in [2.75, 3.05) is 18.9 Å². The summed E-state index contributed by atoms with van der Waals surface area (Å²) in [7, 11) is -2.21. The first-order valence-corrected chi connectivity index (χ1v) is 11.9. The van der Waals surface area contributed by atoms with Crippen LogP contribution in [0.4, 0.5) is 5.69 Å². The first-order valence-electron chi connectivity index (χ1n) is 9.18. The average Bonchev–Trinajstić information content (AvgIpc) is 3.27. The number of hydrogen-bond donors (Lipinski definition) is 2. The lowest BCUT2D eigenvalue weighted by Gasteiger charge is -2.17. The molecule has 0 aliphatic carbocycles. The molecule has 0 atom stereocenters. The summed E-state index contributed by atoms with van der Waals surface area (Å²) in [6.07, 6.45) is 0. The molecule has 0 aliphatic heterocycles. The molecule has 162 valence electrons. The van der Waals surface area contributed by atoms with Gasteiger partial charge in [-0.05, 0) is 47.8 Å². The number of anilines is 1. The summed E-state index contributed by atoms with van der Waals surface area (Å²) in [6.45, 7) is 0.0104. The van der Waals surface area contributed by atoms with Gasteiger partial charge in [0.1, 0.15) is 0 Å². The molecular formula is C21H20ClN3O4S2. The van der Waals surface area contributed by atoms with E-state index < -0.39 is 21.8 Å². The third-order valence-electron chi connectivity index (χ3n) is 4.30. The third-order valence-corrected chi connectivity index (χ3v) is 6.93. The highest BCUT2D eigenvalue weighted by Gasteiger charge is 2.18. The highest BCUT2D eigenvalue weighted by atomic mass is 35.5. The van der Waals surface area contributed by atoms with Crippen molar-refractivity contribution in [2.24, 2.45) is 0 Å². The molecule has 0 saturated heterocycles. The summed E-state index contributed by atoms with van der Waals surface area (Å²) < 4.78 is 27.4. The van der Waals surface area contributed by atoms with Gasteiger partial charge >= 0.3 is 0 Å². The largest absolute Gasteiger partial charge is 0.332 e.